The molecule has 0 bridgehead atoms. The molecule has 11 heteroatoms. The molecule has 0 aromatic rings. The molecule has 40 heavy (non-hydrogen) atoms. The van der Waals surface area contributed by atoms with Crippen molar-refractivity contribution >= 4 is 45.3 Å². The number of carboxylic acids is 2. The molecule has 0 fully saturated rings. The van der Waals surface area contributed by atoms with Crippen LogP contribution in [-0.2, 0) is 19.2 Å². The van der Waals surface area contributed by atoms with Crippen LogP contribution in [0.4, 0.5) is 0 Å². The van der Waals surface area contributed by atoms with Gasteiger partial charge in [-0.2, -0.15) is 0 Å². The first-order chi connectivity index (χ1) is 19.3. The Balaban J connectivity index is 3.68. The highest BCUT2D eigenvalue weighted by molar-refractivity contribution is 8.76. The third kappa shape index (κ3) is 25.5. The topological polar surface area (TPSA) is 159 Å². The second kappa shape index (κ2) is 27.7. The Hall–Kier alpha value is -1.46. The van der Waals surface area contributed by atoms with Crippen LogP contribution in [0, 0.1) is 0 Å². The maximum absolute atomic E-state index is 12.2. The minimum atomic E-state index is -1.08. The van der Waals surface area contributed by atoms with Crippen LogP contribution in [0.15, 0.2) is 0 Å². The van der Waals surface area contributed by atoms with E-state index < -0.39 is 29.9 Å². The van der Waals surface area contributed by atoms with Crippen molar-refractivity contribution in [3.8, 4) is 0 Å². The summed E-state index contributed by atoms with van der Waals surface area (Å²) in [5.41, 5.74) is 5.51. The molecule has 0 radical (unpaired) electrons. The predicted molar refractivity (Wildman–Crippen MR) is 167 cm³/mol. The smallest absolute Gasteiger partial charge is 0.326 e. The van der Waals surface area contributed by atoms with E-state index >= 15 is 0 Å². The number of nitrogens with two attached hydrogens (primary N) is 1. The van der Waals surface area contributed by atoms with Gasteiger partial charge in [-0.05, 0) is 32.2 Å². The number of carbonyl (C=O) groups excluding carboxylic acids is 2. The number of carbonyl (C=O) groups is 4. The molecule has 0 heterocycles. The van der Waals surface area contributed by atoms with Crippen molar-refractivity contribution in [2.75, 3.05) is 18.1 Å². The molecular formula is C29H55N3O6S2. The zero-order valence-corrected chi connectivity index (χ0v) is 26.3. The molecule has 0 saturated carbocycles. The number of unbranched alkanes of at least 4 members (excludes halogenated alkanes) is 15. The molecule has 0 spiro atoms. The van der Waals surface area contributed by atoms with E-state index in [1.807, 2.05) is 0 Å². The van der Waals surface area contributed by atoms with Crippen molar-refractivity contribution in [1.82, 2.24) is 10.6 Å². The first-order valence-corrected chi connectivity index (χ1v) is 17.7. The van der Waals surface area contributed by atoms with Crippen molar-refractivity contribution in [3.63, 3.8) is 0 Å². The maximum Gasteiger partial charge on any atom is 0.326 e. The van der Waals surface area contributed by atoms with Crippen LogP contribution in [-0.4, -0.2) is 64.1 Å². The highest BCUT2D eigenvalue weighted by Crippen LogP contribution is 2.24. The van der Waals surface area contributed by atoms with E-state index in [0.29, 0.717) is 24.3 Å². The third-order valence-corrected chi connectivity index (χ3v) is 9.20. The van der Waals surface area contributed by atoms with E-state index in [0.717, 1.165) is 32.2 Å². The second-order valence-corrected chi connectivity index (χ2v) is 13.2. The zero-order valence-electron chi connectivity index (χ0n) is 24.6. The average molecular weight is 606 g/mol. The van der Waals surface area contributed by atoms with Crippen molar-refractivity contribution in [1.29, 1.82) is 0 Å². The van der Waals surface area contributed by atoms with Gasteiger partial charge in [0, 0.05) is 24.9 Å². The van der Waals surface area contributed by atoms with E-state index in [1.165, 1.54) is 106 Å². The molecule has 2 amide bonds. The molecular weight excluding hydrogens is 550 g/mol. The lowest BCUT2D eigenvalue weighted by atomic mass is 10.0. The first-order valence-electron chi connectivity index (χ1n) is 15.2. The number of hydrogen-bond acceptors (Lipinski definition) is 7. The standard InChI is InChI=1S/C29H55N3O6S2/c1-24(33)31-25(28(35)36)19-22-39-40-23-20-26(29(37)38)32-27(34)18-16-14-12-10-8-6-4-2-3-5-7-9-11-13-15-17-21-30/h25-26H,2-23,30H2,1H3,(H,31,33)(H,32,34)(H,35,36)(H,37,38). The van der Waals surface area contributed by atoms with Crippen LogP contribution in [0.2, 0.25) is 0 Å². The summed E-state index contributed by atoms with van der Waals surface area (Å²) < 4.78 is 0. The minimum Gasteiger partial charge on any atom is -0.480 e. The molecule has 0 aromatic carbocycles. The van der Waals surface area contributed by atoms with Gasteiger partial charge in [-0.3, -0.25) is 9.59 Å². The Kier molecular flexibility index (Phi) is 26.7. The number of carboxylic acid groups (broad SMARTS) is 2. The summed E-state index contributed by atoms with van der Waals surface area (Å²) in [7, 11) is 2.86. The highest BCUT2D eigenvalue weighted by atomic mass is 33.1. The van der Waals surface area contributed by atoms with Gasteiger partial charge in [0.05, 0.1) is 0 Å². The molecule has 6 N–H and O–H groups in total. The highest BCUT2D eigenvalue weighted by Gasteiger charge is 2.20. The van der Waals surface area contributed by atoms with Crippen LogP contribution in [0.5, 0.6) is 0 Å². The van der Waals surface area contributed by atoms with E-state index in [-0.39, 0.29) is 12.3 Å². The van der Waals surface area contributed by atoms with Gasteiger partial charge in [0.2, 0.25) is 11.8 Å². The molecule has 0 aliphatic carbocycles. The van der Waals surface area contributed by atoms with Gasteiger partial charge in [0.15, 0.2) is 0 Å². The van der Waals surface area contributed by atoms with E-state index in [9.17, 15) is 24.3 Å². The molecule has 0 saturated heterocycles. The fraction of sp³-hybridized carbons (Fsp3) is 0.862. The number of amides is 2. The van der Waals surface area contributed by atoms with Gasteiger partial charge in [-0.15, -0.1) is 0 Å². The summed E-state index contributed by atoms with van der Waals surface area (Å²) in [6, 6.07) is -1.85. The van der Waals surface area contributed by atoms with Gasteiger partial charge in [0.25, 0.3) is 0 Å². The van der Waals surface area contributed by atoms with Crippen LogP contribution < -0.4 is 16.4 Å². The Labute approximate surface area is 249 Å². The summed E-state index contributed by atoms with van der Waals surface area (Å²) in [4.78, 5) is 45.9. The molecule has 0 aliphatic rings. The Morgan fingerprint density at radius 3 is 1.30 bits per heavy atom. The molecule has 234 valence electrons. The summed E-state index contributed by atoms with van der Waals surface area (Å²) in [6.45, 7) is 2.09. The summed E-state index contributed by atoms with van der Waals surface area (Å²) in [6.07, 6.45) is 20.7. The number of rotatable bonds is 29. The van der Waals surface area contributed by atoms with Crippen LogP contribution in [0.25, 0.3) is 0 Å². The SMILES string of the molecule is CC(=O)NC(CCSSCCC(NC(=O)CCCCCCCCCCCCCCCCCCN)C(=O)O)C(=O)O. The Morgan fingerprint density at radius 1 is 0.600 bits per heavy atom. The van der Waals surface area contributed by atoms with Crippen molar-refractivity contribution in [2.24, 2.45) is 5.73 Å². The van der Waals surface area contributed by atoms with Gasteiger partial charge < -0.3 is 26.6 Å². The molecule has 0 aliphatic heterocycles. The number of nitrogens with one attached hydrogen (secondary N) is 2. The fourth-order valence-electron chi connectivity index (χ4n) is 4.38. The minimum absolute atomic E-state index is 0.222. The molecule has 0 rings (SSSR count). The van der Waals surface area contributed by atoms with Gasteiger partial charge >= 0.3 is 11.9 Å². The lowest BCUT2D eigenvalue weighted by Gasteiger charge is -2.15. The van der Waals surface area contributed by atoms with E-state index in [2.05, 4.69) is 10.6 Å². The predicted octanol–water partition coefficient (Wildman–Crippen LogP) is 5.90. The van der Waals surface area contributed by atoms with Crippen molar-refractivity contribution < 1.29 is 29.4 Å². The summed E-state index contributed by atoms with van der Waals surface area (Å²) >= 11 is 0. The molecule has 0 aromatic heterocycles. The quantitative estimate of drug-likeness (QED) is 0.0517. The Bertz CT molecular complexity index is 684. The number of hydrogen-bond donors (Lipinski definition) is 5. The van der Waals surface area contributed by atoms with E-state index in [4.69, 9.17) is 10.8 Å². The second-order valence-electron chi connectivity index (χ2n) is 10.5. The van der Waals surface area contributed by atoms with Gasteiger partial charge in [-0.25, -0.2) is 9.59 Å². The largest absolute Gasteiger partial charge is 0.480 e. The van der Waals surface area contributed by atoms with Crippen LogP contribution in [0.3, 0.4) is 0 Å². The van der Waals surface area contributed by atoms with E-state index in [1.54, 1.807) is 0 Å². The lowest BCUT2D eigenvalue weighted by molar-refractivity contribution is -0.142. The van der Waals surface area contributed by atoms with Crippen molar-refractivity contribution in [3.05, 3.63) is 0 Å². The Morgan fingerprint density at radius 2 is 0.950 bits per heavy atom. The summed E-state index contributed by atoms with van der Waals surface area (Å²) in [5, 5.41) is 23.5. The molecule has 9 nitrogen and oxygen atoms in total. The third-order valence-electron chi connectivity index (χ3n) is 6.73. The average Bonchev–Trinajstić information content (AvgIpc) is 2.90. The monoisotopic (exact) mass is 605 g/mol. The van der Waals surface area contributed by atoms with Gasteiger partial charge in [-0.1, -0.05) is 111 Å². The van der Waals surface area contributed by atoms with Crippen molar-refractivity contribution in [2.45, 2.75) is 141 Å². The first kappa shape index (κ1) is 38.5. The normalized spacial score (nSPS) is 12.6. The lowest BCUT2D eigenvalue weighted by Crippen LogP contribution is -2.41. The van der Waals surface area contributed by atoms with Crippen LogP contribution >= 0.6 is 21.6 Å². The van der Waals surface area contributed by atoms with Gasteiger partial charge in [0.1, 0.15) is 12.1 Å². The molecule has 2 unspecified atom stereocenters. The number of aliphatic carboxylic acids is 2. The maximum atomic E-state index is 12.2. The fourth-order valence-corrected chi connectivity index (χ4v) is 6.57. The van der Waals surface area contributed by atoms with Crippen LogP contribution in [0.1, 0.15) is 129 Å². The zero-order chi connectivity index (χ0) is 29.8. The summed E-state index contributed by atoms with van der Waals surface area (Å²) in [5.74, 6) is -1.73. The molecule has 2 atom stereocenters.